The molecule has 0 radical (unpaired) electrons. The van der Waals surface area contributed by atoms with Gasteiger partial charge in [-0.1, -0.05) is 0 Å². The molecule has 0 bridgehead atoms. The fraction of sp³-hybridized carbons (Fsp3) is 0.167. The van der Waals surface area contributed by atoms with E-state index in [0.717, 1.165) is 6.20 Å². The third-order valence-electron chi connectivity index (χ3n) is 5.07. The van der Waals surface area contributed by atoms with Crippen molar-refractivity contribution in [2.24, 2.45) is 0 Å². The van der Waals surface area contributed by atoms with Gasteiger partial charge in [-0.3, -0.25) is 14.6 Å². The quantitative estimate of drug-likeness (QED) is 0.425. The number of H-pyrrole nitrogens is 1. The number of nitrogens with zero attached hydrogens (tertiary/aromatic N) is 2. The van der Waals surface area contributed by atoms with Crippen molar-refractivity contribution in [1.82, 2.24) is 20.2 Å². The number of amides is 1. The minimum atomic E-state index is -1.09. The lowest BCUT2D eigenvalue weighted by molar-refractivity contribution is -0.125. The number of likely N-dealkylation sites (N-methyl/N-ethyl adjacent to an activating group) is 1. The summed E-state index contributed by atoms with van der Waals surface area (Å²) in [6.45, 7) is 5.70. The summed E-state index contributed by atoms with van der Waals surface area (Å²) in [5, 5.41) is 2.97. The van der Waals surface area contributed by atoms with Gasteiger partial charge in [0.2, 0.25) is 5.91 Å². The highest BCUT2D eigenvalue weighted by molar-refractivity contribution is 5.86. The lowest BCUT2D eigenvalue weighted by atomic mass is 10.0. The maximum absolute atomic E-state index is 13.9. The monoisotopic (exact) mass is 458 g/mol. The molecule has 1 atom stereocenters. The van der Waals surface area contributed by atoms with Crippen LogP contribution in [-0.2, 0) is 11.3 Å². The Morgan fingerprint density at radius 3 is 2.64 bits per heavy atom. The predicted molar refractivity (Wildman–Crippen MR) is 123 cm³/mol. The van der Waals surface area contributed by atoms with Gasteiger partial charge < -0.3 is 15.2 Å². The number of nitrogens with one attached hydrogen (secondary N) is 2. The molecular formula is C24H25F3N4O2. The highest BCUT2D eigenvalue weighted by Gasteiger charge is 2.30. The van der Waals surface area contributed by atoms with E-state index in [0.29, 0.717) is 29.1 Å². The van der Waals surface area contributed by atoms with Gasteiger partial charge in [-0.15, -0.1) is 18.9 Å². The first-order valence-corrected chi connectivity index (χ1v) is 9.90. The van der Waals surface area contributed by atoms with Crippen LogP contribution >= 0.6 is 0 Å². The molecule has 6 nitrogen and oxygen atoms in total. The molecule has 3 aromatic rings. The van der Waals surface area contributed by atoms with Crippen molar-refractivity contribution in [3.05, 3.63) is 106 Å². The normalized spacial score (nSPS) is 12.8. The van der Waals surface area contributed by atoms with Crippen molar-refractivity contribution >= 4 is 16.8 Å². The average Bonchev–Trinajstić information content (AvgIpc) is 2.74. The molecule has 1 aliphatic carbocycles. The Balaban J connectivity index is 0.00000149. The lowest BCUT2D eigenvalue weighted by Crippen LogP contribution is -2.41. The van der Waals surface area contributed by atoms with Crippen LogP contribution in [0.3, 0.4) is 0 Å². The number of benzene rings is 1. The first kappa shape index (κ1) is 23.6. The van der Waals surface area contributed by atoms with E-state index in [2.05, 4.69) is 34.2 Å². The molecule has 4 rings (SSSR count). The van der Waals surface area contributed by atoms with Crippen LogP contribution in [0.15, 0.2) is 72.0 Å². The van der Waals surface area contributed by atoms with E-state index >= 15 is 0 Å². The highest BCUT2D eigenvalue weighted by Crippen LogP contribution is 2.27. The zero-order chi connectivity index (χ0) is 24.1. The largest absolute Gasteiger partial charge is 0.356 e. The van der Waals surface area contributed by atoms with Crippen LogP contribution in [0.1, 0.15) is 26.6 Å². The van der Waals surface area contributed by atoms with Crippen molar-refractivity contribution in [3.8, 4) is 0 Å². The molecule has 2 N–H and O–H groups in total. The molecule has 33 heavy (non-hydrogen) atoms. The summed E-state index contributed by atoms with van der Waals surface area (Å²) in [6, 6.07) is 4.96. The van der Waals surface area contributed by atoms with Crippen LogP contribution in [0.2, 0.25) is 0 Å². The zero-order valence-electron chi connectivity index (χ0n) is 17.8. The fourth-order valence-electron chi connectivity index (χ4n) is 3.36. The molecule has 2 heterocycles. The minimum absolute atomic E-state index is 0. The van der Waals surface area contributed by atoms with E-state index in [4.69, 9.17) is 0 Å². The number of aromatic nitrogens is 2. The van der Waals surface area contributed by atoms with Crippen LogP contribution in [0.4, 0.5) is 13.2 Å². The number of hydrogen-bond acceptors (Lipinski definition) is 4. The Morgan fingerprint density at radius 1 is 1.27 bits per heavy atom. The summed E-state index contributed by atoms with van der Waals surface area (Å²) in [6.07, 6.45) is 3.19. The topological polar surface area (TPSA) is 78.1 Å². The maximum atomic E-state index is 13.9. The number of hydrogen-bond donors (Lipinski definition) is 2. The van der Waals surface area contributed by atoms with E-state index in [1.54, 1.807) is 18.0 Å². The van der Waals surface area contributed by atoms with Gasteiger partial charge in [0.25, 0.3) is 5.56 Å². The first-order chi connectivity index (χ1) is 15.8. The van der Waals surface area contributed by atoms with Gasteiger partial charge in [0.15, 0.2) is 0 Å². The summed E-state index contributed by atoms with van der Waals surface area (Å²) in [5.41, 5.74) is 3.52. The second-order valence-corrected chi connectivity index (χ2v) is 7.10. The fourth-order valence-corrected chi connectivity index (χ4v) is 3.36. The molecule has 174 valence electrons. The predicted octanol–water partition coefficient (Wildman–Crippen LogP) is 4.37. The van der Waals surface area contributed by atoms with Gasteiger partial charge in [-0.2, -0.15) is 0 Å². The van der Waals surface area contributed by atoms with Gasteiger partial charge in [0.1, 0.15) is 23.5 Å². The van der Waals surface area contributed by atoms with Crippen molar-refractivity contribution in [2.75, 3.05) is 7.05 Å². The molecule has 0 saturated carbocycles. The third kappa shape index (κ3) is 5.05. The Morgan fingerprint density at radius 2 is 2.00 bits per heavy atom. The first-order valence-electron chi connectivity index (χ1n) is 9.90. The second-order valence-electron chi connectivity index (χ2n) is 7.10. The van der Waals surface area contributed by atoms with E-state index < -0.39 is 35.0 Å². The number of rotatable bonds is 6. The molecule has 1 aliphatic rings. The number of aromatic amines is 1. The van der Waals surface area contributed by atoms with Gasteiger partial charge in [-0.05, 0) is 30.3 Å². The molecule has 1 amide bonds. The minimum Gasteiger partial charge on any atom is -0.356 e. The van der Waals surface area contributed by atoms with Crippen molar-refractivity contribution < 1.29 is 20.8 Å². The Bertz CT molecular complexity index is 1340. The molecule has 0 spiro atoms. The standard InChI is InChI=1S/C22H17F3N4O2.C2H4.2H2/c1-29(15-3-2-4-15)20(22(31)27-11-19-17(25)9-14(24)10-26-19)16-8-12-7-13(23)5-6-18(12)28-21(16)30;1-2;;/h2,5-10,20H,3,11H2,1H3,(H,27,31)(H,28,30);1-2H2;2*1H/t20-;;;/m1.../s1. The number of carbonyl (C=O) groups is 1. The number of fused-ring (bicyclic) bond motifs is 1. The molecule has 9 heteroatoms. The zero-order valence-corrected chi connectivity index (χ0v) is 17.8. The third-order valence-corrected chi connectivity index (χ3v) is 5.07. The van der Waals surface area contributed by atoms with Crippen LogP contribution in [0.5, 0.6) is 0 Å². The van der Waals surface area contributed by atoms with Crippen molar-refractivity contribution in [2.45, 2.75) is 19.0 Å². The molecule has 0 saturated heterocycles. The van der Waals surface area contributed by atoms with Crippen molar-refractivity contribution in [1.29, 1.82) is 0 Å². The molecule has 0 unspecified atom stereocenters. The van der Waals surface area contributed by atoms with Crippen LogP contribution in [-0.4, -0.2) is 27.8 Å². The van der Waals surface area contributed by atoms with E-state index in [1.165, 1.54) is 24.3 Å². The van der Waals surface area contributed by atoms with Gasteiger partial charge in [-0.25, -0.2) is 13.2 Å². The van der Waals surface area contributed by atoms with Crippen LogP contribution < -0.4 is 10.9 Å². The summed E-state index contributed by atoms with van der Waals surface area (Å²) in [5.74, 6) is -2.81. The molecule has 1 aromatic carbocycles. The Labute approximate surface area is 190 Å². The molecule has 0 fully saturated rings. The number of carbonyl (C=O) groups excluding carboxylic acids is 1. The lowest BCUT2D eigenvalue weighted by Gasteiger charge is -2.31. The SMILES string of the molecule is C=C.CN(C1=C=CC1)[C@@H](C(=O)NCc1ncc(F)cc1F)c1cc2cc(F)ccc2[nH]c1=O.[HH].[HH]. The number of halogens is 3. The van der Waals surface area contributed by atoms with E-state index in [9.17, 15) is 22.8 Å². The highest BCUT2D eigenvalue weighted by atomic mass is 19.1. The van der Waals surface area contributed by atoms with Crippen molar-refractivity contribution in [3.63, 3.8) is 0 Å². The van der Waals surface area contributed by atoms with Crippen LogP contribution in [0.25, 0.3) is 10.9 Å². The molecular weight excluding hydrogens is 433 g/mol. The van der Waals surface area contributed by atoms with E-state index in [-0.39, 0.29) is 20.7 Å². The Hall–Kier alpha value is -4.10. The summed E-state index contributed by atoms with van der Waals surface area (Å²) >= 11 is 0. The van der Waals surface area contributed by atoms with Gasteiger partial charge in [0.05, 0.1) is 24.1 Å². The van der Waals surface area contributed by atoms with Gasteiger partial charge >= 0.3 is 0 Å². The average molecular weight is 458 g/mol. The Kier molecular flexibility index (Phi) is 7.15. The summed E-state index contributed by atoms with van der Waals surface area (Å²) < 4.78 is 40.6. The second kappa shape index (κ2) is 10.0. The molecule has 2 aromatic heterocycles. The smallest absolute Gasteiger partial charge is 0.254 e. The number of pyridine rings is 2. The van der Waals surface area contributed by atoms with Gasteiger partial charge in [0, 0.05) is 38.9 Å². The van der Waals surface area contributed by atoms with E-state index in [1.807, 2.05) is 0 Å². The summed E-state index contributed by atoms with van der Waals surface area (Å²) in [4.78, 5) is 33.7. The molecule has 0 aliphatic heterocycles. The maximum Gasteiger partial charge on any atom is 0.254 e. The van der Waals surface area contributed by atoms with Crippen LogP contribution in [0, 0.1) is 17.5 Å². The summed E-state index contributed by atoms with van der Waals surface area (Å²) in [7, 11) is 1.63.